The lowest BCUT2D eigenvalue weighted by molar-refractivity contribution is -0.132. The second kappa shape index (κ2) is 6.47. The number of anilines is 1. The van der Waals surface area contributed by atoms with E-state index in [0.29, 0.717) is 24.4 Å². The molecule has 1 aliphatic rings. The molecule has 122 valence electrons. The smallest absolute Gasteiger partial charge is 0.257 e. The van der Waals surface area contributed by atoms with Crippen LogP contribution in [0.4, 0.5) is 10.3 Å². The summed E-state index contributed by atoms with van der Waals surface area (Å²) in [5, 5.41) is 6.62. The number of likely N-dealkylation sites (N-methyl/N-ethyl adjacent to an activating group) is 1. The van der Waals surface area contributed by atoms with Gasteiger partial charge in [-0.05, 0) is 31.7 Å². The molecule has 1 saturated heterocycles. The molecule has 1 amide bonds. The lowest BCUT2D eigenvalue weighted by Crippen LogP contribution is -2.46. The maximum Gasteiger partial charge on any atom is 0.257 e. The van der Waals surface area contributed by atoms with Gasteiger partial charge >= 0.3 is 0 Å². The number of carbonyl (C=O) groups excluding carboxylic acids is 1. The normalized spacial score (nSPS) is 18.8. The topological polar surface area (TPSA) is 67.6 Å². The molecule has 0 radical (unpaired) electrons. The summed E-state index contributed by atoms with van der Waals surface area (Å²) >= 11 is 0. The highest BCUT2D eigenvalue weighted by Gasteiger charge is 2.27. The van der Waals surface area contributed by atoms with Crippen molar-refractivity contribution in [3.8, 4) is 11.1 Å². The third-order valence-electron chi connectivity index (χ3n) is 3.79. The molecule has 1 aromatic heterocycles. The number of benzene rings is 1. The Labute approximate surface area is 133 Å². The molecule has 23 heavy (non-hydrogen) atoms. The van der Waals surface area contributed by atoms with Gasteiger partial charge in [0, 0.05) is 13.1 Å². The molecule has 2 heterocycles. The van der Waals surface area contributed by atoms with Crippen LogP contribution < -0.4 is 5.32 Å². The van der Waals surface area contributed by atoms with Gasteiger partial charge in [0.1, 0.15) is 11.9 Å². The van der Waals surface area contributed by atoms with E-state index < -0.39 is 6.10 Å². The molecule has 7 heteroatoms. The Bertz CT molecular complexity index is 699. The van der Waals surface area contributed by atoms with Gasteiger partial charge in [0.15, 0.2) is 0 Å². The van der Waals surface area contributed by atoms with Crippen molar-refractivity contribution in [2.24, 2.45) is 0 Å². The minimum absolute atomic E-state index is 0.246. The Morgan fingerprint density at radius 3 is 2.83 bits per heavy atom. The van der Waals surface area contributed by atoms with Crippen molar-refractivity contribution < 1.29 is 18.4 Å². The Balaban J connectivity index is 1.81. The maximum atomic E-state index is 13.1. The van der Waals surface area contributed by atoms with Gasteiger partial charge in [0.25, 0.3) is 5.91 Å². The van der Waals surface area contributed by atoms with Gasteiger partial charge in [0.05, 0.1) is 17.9 Å². The fourth-order valence-corrected chi connectivity index (χ4v) is 2.54. The molecule has 6 nitrogen and oxygen atoms in total. The first-order chi connectivity index (χ1) is 11.0. The number of ether oxygens (including phenoxy) is 1. The summed E-state index contributed by atoms with van der Waals surface area (Å²) in [6.07, 6.45) is -0.555. The van der Waals surface area contributed by atoms with Crippen LogP contribution in [0, 0.1) is 12.7 Å². The summed E-state index contributed by atoms with van der Waals surface area (Å²) in [6.45, 7) is 3.59. The number of nitrogens with one attached hydrogen (secondary N) is 1. The highest BCUT2D eigenvalue weighted by atomic mass is 19.1. The number of nitrogens with zero attached hydrogens (tertiary/aromatic N) is 2. The zero-order valence-electron chi connectivity index (χ0n) is 13.0. The number of hydrogen-bond acceptors (Lipinski definition) is 5. The molecule has 0 bridgehead atoms. The SMILES string of the molecule is Cc1noc(NC(=O)C2CN(C)CCO2)c1-c1ccc(F)cc1. The molecule has 1 aromatic carbocycles. The van der Waals surface area contributed by atoms with Crippen molar-refractivity contribution in [3.63, 3.8) is 0 Å². The minimum atomic E-state index is -0.555. The molecule has 0 spiro atoms. The highest BCUT2D eigenvalue weighted by Crippen LogP contribution is 2.31. The monoisotopic (exact) mass is 319 g/mol. The zero-order chi connectivity index (χ0) is 16.4. The third-order valence-corrected chi connectivity index (χ3v) is 3.79. The largest absolute Gasteiger partial charge is 0.366 e. The number of amides is 1. The van der Waals surface area contributed by atoms with Crippen molar-refractivity contribution in [2.45, 2.75) is 13.0 Å². The van der Waals surface area contributed by atoms with Crippen LogP contribution in [-0.4, -0.2) is 48.8 Å². The van der Waals surface area contributed by atoms with E-state index in [1.54, 1.807) is 19.1 Å². The summed E-state index contributed by atoms with van der Waals surface area (Å²) in [5.41, 5.74) is 1.98. The quantitative estimate of drug-likeness (QED) is 0.938. The molecule has 2 aromatic rings. The van der Waals surface area contributed by atoms with E-state index in [9.17, 15) is 9.18 Å². The van der Waals surface area contributed by atoms with Crippen LogP contribution in [0.2, 0.25) is 0 Å². The van der Waals surface area contributed by atoms with Gasteiger partial charge in [0.2, 0.25) is 5.88 Å². The van der Waals surface area contributed by atoms with Gasteiger partial charge in [-0.2, -0.15) is 0 Å². The zero-order valence-corrected chi connectivity index (χ0v) is 13.0. The second-order valence-corrected chi connectivity index (χ2v) is 5.59. The number of hydrogen-bond donors (Lipinski definition) is 1. The average Bonchev–Trinajstić information content (AvgIpc) is 2.89. The van der Waals surface area contributed by atoms with Gasteiger partial charge < -0.3 is 14.2 Å². The fourth-order valence-electron chi connectivity index (χ4n) is 2.54. The predicted molar refractivity (Wildman–Crippen MR) is 82.5 cm³/mol. The molecule has 0 aliphatic carbocycles. The Hall–Kier alpha value is -2.25. The van der Waals surface area contributed by atoms with Crippen molar-refractivity contribution in [2.75, 3.05) is 32.1 Å². The summed E-state index contributed by atoms with van der Waals surface area (Å²) in [4.78, 5) is 14.4. The number of aryl methyl sites for hydroxylation is 1. The first-order valence-corrected chi connectivity index (χ1v) is 7.38. The van der Waals surface area contributed by atoms with Gasteiger partial charge in [-0.3, -0.25) is 10.1 Å². The molecule has 1 fully saturated rings. The standard InChI is InChI=1S/C16H18FN3O3/c1-10-14(11-3-5-12(17)6-4-11)16(23-19-10)18-15(21)13-9-20(2)7-8-22-13/h3-6,13H,7-9H2,1-2H3,(H,18,21). The maximum absolute atomic E-state index is 13.1. The van der Waals surface area contributed by atoms with E-state index >= 15 is 0 Å². The van der Waals surface area contributed by atoms with E-state index in [4.69, 9.17) is 9.26 Å². The van der Waals surface area contributed by atoms with Crippen LogP contribution >= 0.6 is 0 Å². The van der Waals surface area contributed by atoms with Crippen molar-refractivity contribution in [1.29, 1.82) is 0 Å². The van der Waals surface area contributed by atoms with Crippen LogP contribution in [0.5, 0.6) is 0 Å². The van der Waals surface area contributed by atoms with Crippen LogP contribution in [0.1, 0.15) is 5.69 Å². The first kappa shape index (κ1) is 15.6. The van der Waals surface area contributed by atoms with Crippen molar-refractivity contribution >= 4 is 11.8 Å². The Morgan fingerprint density at radius 2 is 2.13 bits per heavy atom. The lowest BCUT2D eigenvalue weighted by Gasteiger charge is -2.28. The van der Waals surface area contributed by atoms with Gasteiger partial charge in [-0.25, -0.2) is 4.39 Å². The Kier molecular flexibility index (Phi) is 4.40. The molecular formula is C16H18FN3O3. The number of halogens is 1. The van der Waals surface area contributed by atoms with Crippen molar-refractivity contribution in [1.82, 2.24) is 10.1 Å². The number of rotatable bonds is 3. The average molecular weight is 319 g/mol. The van der Waals surface area contributed by atoms with Gasteiger partial charge in [-0.15, -0.1) is 0 Å². The first-order valence-electron chi connectivity index (χ1n) is 7.38. The number of aromatic nitrogens is 1. The fraction of sp³-hybridized carbons (Fsp3) is 0.375. The number of morpholine rings is 1. The van der Waals surface area contributed by atoms with E-state index in [1.807, 2.05) is 11.9 Å². The van der Waals surface area contributed by atoms with Crippen LogP contribution in [0.15, 0.2) is 28.8 Å². The Morgan fingerprint density at radius 1 is 1.39 bits per heavy atom. The molecule has 1 atom stereocenters. The van der Waals surface area contributed by atoms with E-state index in [-0.39, 0.29) is 17.6 Å². The van der Waals surface area contributed by atoms with Crippen molar-refractivity contribution in [3.05, 3.63) is 35.8 Å². The van der Waals surface area contributed by atoms with E-state index in [0.717, 1.165) is 12.1 Å². The lowest BCUT2D eigenvalue weighted by atomic mass is 10.1. The second-order valence-electron chi connectivity index (χ2n) is 5.59. The molecule has 1 N–H and O–H groups in total. The summed E-state index contributed by atoms with van der Waals surface area (Å²) in [6, 6.07) is 5.95. The van der Waals surface area contributed by atoms with Crippen LogP contribution in [0.25, 0.3) is 11.1 Å². The summed E-state index contributed by atoms with van der Waals surface area (Å²) in [7, 11) is 1.94. The van der Waals surface area contributed by atoms with E-state index in [2.05, 4.69) is 10.5 Å². The predicted octanol–water partition coefficient (Wildman–Crippen LogP) is 2.06. The number of carbonyl (C=O) groups is 1. The molecule has 1 unspecified atom stereocenters. The summed E-state index contributed by atoms with van der Waals surface area (Å²) < 4.78 is 23.8. The molecule has 3 rings (SSSR count). The molecule has 0 saturated carbocycles. The highest BCUT2D eigenvalue weighted by molar-refractivity contribution is 5.96. The molecule has 1 aliphatic heterocycles. The third kappa shape index (κ3) is 3.40. The summed E-state index contributed by atoms with van der Waals surface area (Å²) in [5.74, 6) is -0.362. The van der Waals surface area contributed by atoms with Crippen LogP contribution in [-0.2, 0) is 9.53 Å². The van der Waals surface area contributed by atoms with Crippen LogP contribution in [0.3, 0.4) is 0 Å². The van der Waals surface area contributed by atoms with Gasteiger partial charge in [-0.1, -0.05) is 17.3 Å². The van der Waals surface area contributed by atoms with E-state index in [1.165, 1.54) is 12.1 Å². The molecular weight excluding hydrogens is 301 g/mol. The minimum Gasteiger partial charge on any atom is -0.366 e.